The van der Waals surface area contributed by atoms with E-state index in [0.717, 1.165) is 12.8 Å². The van der Waals surface area contributed by atoms with Crippen LogP contribution in [0.25, 0.3) is 0 Å². The van der Waals surface area contributed by atoms with Crippen molar-refractivity contribution in [3.8, 4) is 11.8 Å². The number of rotatable bonds is 2. The third kappa shape index (κ3) is 3.84. The molecule has 0 saturated heterocycles. The van der Waals surface area contributed by atoms with E-state index in [1.807, 2.05) is 0 Å². The summed E-state index contributed by atoms with van der Waals surface area (Å²) >= 11 is 0. The lowest BCUT2D eigenvalue weighted by Crippen LogP contribution is -2.40. The Morgan fingerprint density at radius 3 is 2.77 bits per heavy atom. The van der Waals surface area contributed by atoms with Crippen LogP contribution in [0.1, 0.15) is 32.6 Å². The van der Waals surface area contributed by atoms with Gasteiger partial charge in [-0.15, -0.1) is 5.92 Å². The van der Waals surface area contributed by atoms with Gasteiger partial charge in [-0.1, -0.05) is 18.8 Å². The molecule has 0 aromatic rings. The number of amides is 2. The van der Waals surface area contributed by atoms with Crippen LogP contribution in [0.5, 0.6) is 0 Å². The molecule has 0 atom stereocenters. The molecule has 1 saturated carbocycles. The van der Waals surface area contributed by atoms with Crippen LogP contribution < -0.4 is 10.6 Å². The molecular formula is C10H16N2O. The van der Waals surface area contributed by atoms with Crippen molar-refractivity contribution in [3.05, 3.63) is 0 Å². The molecule has 2 N–H and O–H groups in total. The van der Waals surface area contributed by atoms with Gasteiger partial charge in [0, 0.05) is 6.04 Å². The Hall–Kier alpha value is -1.17. The van der Waals surface area contributed by atoms with Crippen LogP contribution in [0.4, 0.5) is 4.79 Å². The Kier molecular flexibility index (Phi) is 4.17. The Morgan fingerprint density at radius 1 is 1.46 bits per heavy atom. The summed E-state index contributed by atoms with van der Waals surface area (Å²) in [6.07, 6.45) is 4.71. The van der Waals surface area contributed by atoms with Crippen LogP contribution in [0.15, 0.2) is 0 Å². The topological polar surface area (TPSA) is 41.1 Å². The monoisotopic (exact) mass is 180 g/mol. The quantitative estimate of drug-likeness (QED) is 0.617. The van der Waals surface area contributed by atoms with Gasteiger partial charge in [0.05, 0.1) is 6.54 Å². The SMILES string of the molecule is CC#CCNC(=O)NC1CCCC1. The average Bonchev–Trinajstić information content (AvgIpc) is 2.57. The molecule has 0 radical (unpaired) electrons. The highest BCUT2D eigenvalue weighted by atomic mass is 16.2. The fourth-order valence-electron chi connectivity index (χ4n) is 1.52. The van der Waals surface area contributed by atoms with Crippen LogP contribution >= 0.6 is 0 Å². The Morgan fingerprint density at radius 2 is 2.15 bits per heavy atom. The molecule has 1 aliphatic rings. The summed E-state index contributed by atoms with van der Waals surface area (Å²) < 4.78 is 0. The molecule has 0 unspecified atom stereocenters. The lowest BCUT2D eigenvalue weighted by molar-refractivity contribution is 0.238. The molecule has 0 aromatic heterocycles. The van der Waals surface area contributed by atoms with E-state index < -0.39 is 0 Å². The number of carbonyl (C=O) groups is 1. The predicted molar refractivity (Wildman–Crippen MR) is 52.2 cm³/mol. The van der Waals surface area contributed by atoms with Gasteiger partial charge in [-0.25, -0.2) is 4.79 Å². The van der Waals surface area contributed by atoms with Crippen molar-refractivity contribution in [1.29, 1.82) is 0 Å². The van der Waals surface area contributed by atoms with Crippen molar-refractivity contribution < 1.29 is 4.79 Å². The van der Waals surface area contributed by atoms with Crippen molar-refractivity contribution in [2.45, 2.75) is 38.6 Å². The van der Waals surface area contributed by atoms with Gasteiger partial charge in [-0.05, 0) is 19.8 Å². The number of urea groups is 1. The molecule has 0 bridgehead atoms. The van der Waals surface area contributed by atoms with E-state index in [2.05, 4.69) is 22.5 Å². The Bertz CT molecular complexity index is 221. The van der Waals surface area contributed by atoms with Gasteiger partial charge in [-0.3, -0.25) is 0 Å². The second kappa shape index (κ2) is 5.47. The Balaban J connectivity index is 2.11. The first-order valence-corrected chi connectivity index (χ1v) is 4.77. The zero-order chi connectivity index (χ0) is 9.52. The smallest absolute Gasteiger partial charge is 0.315 e. The van der Waals surface area contributed by atoms with E-state index in [0.29, 0.717) is 12.6 Å². The molecule has 1 aliphatic carbocycles. The van der Waals surface area contributed by atoms with E-state index in [1.165, 1.54) is 12.8 Å². The van der Waals surface area contributed by atoms with Gasteiger partial charge < -0.3 is 10.6 Å². The first-order valence-electron chi connectivity index (χ1n) is 4.77. The standard InChI is InChI=1S/C10H16N2O/c1-2-3-8-11-10(13)12-9-6-4-5-7-9/h9H,4-8H2,1H3,(H2,11,12,13). The fourth-order valence-corrected chi connectivity index (χ4v) is 1.52. The molecule has 0 aliphatic heterocycles. The van der Waals surface area contributed by atoms with Crippen molar-refractivity contribution in [2.75, 3.05) is 6.54 Å². The minimum absolute atomic E-state index is 0.0883. The van der Waals surface area contributed by atoms with Crippen LogP contribution in [0.2, 0.25) is 0 Å². The maximum atomic E-state index is 11.2. The van der Waals surface area contributed by atoms with Crippen LogP contribution in [0, 0.1) is 11.8 Å². The van der Waals surface area contributed by atoms with Crippen molar-refractivity contribution in [3.63, 3.8) is 0 Å². The first-order chi connectivity index (χ1) is 6.33. The summed E-state index contributed by atoms with van der Waals surface area (Å²) in [5, 5.41) is 5.61. The number of nitrogens with one attached hydrogen (secondary N) is 2. The third-order valence-corrected chi connectivity index (χ3v) is 2.20. The molecular weight excluding hydrogens is 164 g/mol. The van der Waals surface area contributed by atoms with Gasteiger partial charge in [0.25, 0.3) is 0 Å². The van der Waals surface area contributed by atoms with Gasteiger partial charge in [0.1, 0.15) is 0 Å². The maximum absolute atomic E-state index is 11.2. The average molecular weight is 180 g/mol. The maximum Gasteiger partial charge on any atom is 0.315 e. The summed E-state index contributed by atoms with van der Waals surface area (Å²) in [6.45, 7) is 2.20. The largest absolute Gasteiger partial charge is 0.335 e. The third-order valence-electron chi connectivity index (χ3n) is 2.20. The lowest BCUT2D eigenvalue weighted by atomic mass is 10.2. The molecule has 72 valence electrons. The van der Waals surface area contributed by atoms with Gasteiger partial charge in [-0.2, -0.15) is 0 Å². The Labute approximate surface area is 79.3 Å². The van der Waals surface area contributed by atoms with E-state index in [1.54, 1.807) is 6.92 Å². The van der Waals surface area contributed by atoms with Crippen molar-refractivity contribution in [2.24, 2.45) is 0 Å². The summed E-state index contributed by atoms with van der Waals surface area (Å²) in [7, 11) is 0. The second-order valence-corrected chi connectivity index (χ2v) is 3.24. The zero-order valence-corrected chi connectivity index (χ0v) is 8.02. The predicted octanol–water partition coefficient (Wildman–Crippen LogP) is 1.25. The summed E-state index contributed by atoms with van der Waals surface area (Å²) in [5.41, 5.74) is 0. The minimum Gasteiger partial charge on any atom is -0.335 e. The van der Waals surface area contributed by atoms with Crippen LogP contribution in [-0.2, 0) is 0 Å². The number of hydrogen-bond donors (Lipinski definition) is 2. The van der Waals surface area contributed by atoms with Gasteiger partial charge in [0.15, 0.2) is 0 Å². The lowest BCUT2D eigenvalue weighted by Gasteiger charge is -2.11. The van der Waals surface area contributed by atoms with Gasteiger partial charge >= 0.3 is 6.03 Å². The number of hydrogen-bond acceptors (Lipinski definition) is 1. The molecule has 0 aromatic carbocycles. The van der Waals surface area contributed by atoms with Crippen LogP contribution in [-0.4, -0.2) is 18.6 Å². The molecule has 2 amide bonds. The van der Waals surface area contributed by atoms with Crippen molar-refractivity contribution in [1.82, 2.24) is 10.6 Å². The number of carbonyl (C=O) groups excluding carboxylic acids is 1. The molecule has 13 heavy (non-hydrogen) atoms. The van der Waals surface area contributed by atoms with E-state index >= 15 is 0 Å². The van der Waals surface area contributed by atoms with Gasteiger partial charge in [0.2, 0.25) is 0 Å². The zero-order valence-electron chi connectivity index (χ0n) is 8.02. The van der Waals surface area contributed by atoms with E-state index in [-0.39, 0.29) is 6.03 Å². The molecule has 1 fully saturated rings. The molecule has 3 heteroatoms. The van der Waals surface area contributed by atoms with E-state index in [9.17, 15) is 4.79 Å². The van der Waals surface area contributed by atoms with Crippen LogP contribution in [0.3, 0.4) is 0 Å². The molecule has 0 heterocycles. The normalized spacial score (nSPS) is 16.1. The summed E-state index contributed by atoms with van der Waals surface area (Å²) in [5.74, 6) is 5.51. The molecule has 0 spiro atoms. The first kappa shape index (κ1) is 9.91. The van der Waals surface area contributed by atoms with Crippen molar-refractivity contribution >= 4 is 6.03 Å². The minimum atomic E-state index is -0.0883. The summed E-state index contributed by atoms with van der Waals surface area (Å²) in [6, 6.07) is 0.296. The highest BCUT2D eigenvalue weighted by molar-refractivity contribution is 5.74. The highest BCUT2D eigenvalue weighted by Gasteiger charge is 2.16. The fraction of sp³-hybridized carbons (Fsp3) is 0.700. The second-order valence-electron chi connectivity index (χ2n) is 3.24. The summed E-state index contributed by atoms with van der Waals surface area (Å²) in [4.78, 5) is 11.2. The van der Waals surface area contributed by atoms with E-state index in [4.69, 9.17) is 0 Å². The molecule has 1 rings (SSSR count). The molecule has 3 nitrogen and oxygen atoms in total. The highest BCUT2D eigenvalue weighted by Crippen LogP contribution is 2.17.